The molecule has 1 aliphatic rings. The van der Waals surface area contributed by atoms with Crippen LogP contribution >= 0.6 is 9.24 Å². The van der Waals surface area contributed by atoms with E-state index in [2.05, 4.69) is 36.4 Å². The molecule has 0 saturated heterocycles. The van der Waals surface area contributed by atoms with Gasteiger partial charge in [0, 0.05) is 30.0 Å². The molecule has 0 aliphatic heterocycles. The number of carbonyl (C=O) groups is 2. The van der Waals surface area contributed by atoms with Crippen LogP contribution in [0.3, 0.4) is 0 Å². The lowest BCUT2D eigenvalue weighted by Gasteiger charge is -2.25. The number of halogens is 2. The third kappa shape index (κ3) is 8.13. The van der Waals surface area contributed by atoms with Crippen LogP contribution in [-0.2, 0) is 17.9 Å². The molecule has 1 aromatic carbocycles. The molecule has 2 heterocycles. The van der Waals surface area contributed by atoms with E-state index in [1.165, 1.54) is 11.0 Å². The normalized spacial score (nSPS) is 16.0. The molecule has 0 radical (unpaired) electrons. The van der Waals surface area contributed by atoms with Gasteiger partial charge in [-0.3, -0.25) is 25.0 Å². The van der Waals surface area contributed by atoms with Crippen LogP contribution in [0.1, 0.15) is 51.8 Å². The highest BCUT2D eigenvalue weighted by Gasteiger charge is 2.23. The number of fused-ring (bicyclic) bond motifs is 1. The Morgan fingerprint density at radius 3 is 2.62 bits per heavy atom. The molecule has 13 heteroatoms. The number of benzene rings is 1. The minimum Gasteiger partial charge on any atom is -0.343 e. The van der Waals surface area contributed by atoms with E-state index in [4.69, 9.17) is 9.98 Å². The lowest BCUT2D eigenvalue weighted by molar-refractivity contribution is -0.115. The van der Waals surface area contributed by atoms with Gasteiger partial charge in [0.05, 0.1) is 53.7 Å². The minimum atomic E-state index is -0.832. The Hall–Kier alpha value is -4.57. The molecule has 236 valence electrons. The maximum absolute atomic E-state index is 14.8. The van der Waals surface area contributed by atoms with E-state index in [1.54, 1.807) is 25.6 Å². The average Bonchev–Trinajstić information content (AvgIpc) is 3.50. The summed E-state index contributed by atoms with van der Waals surface area (Å²) in [5.41, 5.74) is 5.12. The number of pyridine rings is 1. The second kappa shape index (κ2) is 14.9. The Labute approximate surface area is 263 Å². The van der Waals surface area contributed by atoms with Crippen LogP contribution in [0.15, 0.2) is 75.8 Å². The molecular formula is C32H37F2N8O2P. The number of amides is 3. The molecular weight excluding hydrogens is 597 g/mol. The van der Waals surface area contributed by atoms with Gasteiger partial charge in [-0.15, -0.1) is 9.24 Å². The van der Waals surface area contributed by atoms with Crippen molar-refractivity contribution < 1.29 is 18.4 Å². The van der Waals surface area contributed by atoms with E-state index in [-0.39, 0.29) is 36.0 Å². The summed E-state index contributed by atoms with van der Waals surface area (Å²) in [7, 11) is 3.77. The molecule has 3 aromatic rings. The monoisotopic (exact) mass is 634 g/mol. The van der Waals surface area contributed by atoms with Crippen LogP contribution in [0.25, 0.3) is 11.0 Å². The second-order valence-corrected chi connectivity index (χ2v) is 11.2. The number of aromatic amines is 1. The molecule has 2 unspecified atom stereocenters. The largest absolute Gasteiger partial charge is 0.343 e. The van der Waals surface area contributed by atoms with Crippen molar-refractivity contribution in [3.05, 3.63) is 88.7 Å². The quantitative estimate of drug-likeness (QED) is 0.144. The molecule has 4 rings (SSSR count). The molecule has 2 aromatic heterocycles. The lowest BCUT2D eigenvalue weighted by atomic mass is 9.95. The topological polar surface area (TPSA) is 119 Å². The zero-order chi connectivity index (χ0) is 32.7. The van der Waals surface area contributed by atoms with Crippen LogP contribution in [0, 0.1) is 11.6 Å². The van der Waals surface area contributed by atoms with E-state index < -0.39 is 17.7 Å². The molecule has 0 fully saturated rings. The molecule has 10 nitrogen and oxygen atoms in total. The number of guanidine groups is 1. The van der Waals surface area contributed by atoms with Crippen LogP contribution in [0.4, 0.5) is 13.6 Å². The first kappa shape index (κ1) is 33.3. The smallest absolute Gasteiger partial charge is 0.324 e. The van der Waals surface area contributed by atoms with E-state index in [1.807, 2.05) is 39.0 Å². The fourth-order valence-corrected chi connectivity index (χ4v) is 4.81. The number of imidazole rings is 1. The van der Waals surface area contributed by atoms with Gasteiger partial charge in [0.15, 0.2) is 0 Å². The maximum atomic E-state index is 14.8. The number of aliphatic imine (C=N–C) groups is 2. The fraction of sp³-hybridized carbons (Fsp3) is 0.312. The first-order chi connectivity index (χ1) is 21.6. The van der Waals surface area contributed by atoms with Crippen LogP contribution in [-0.4, -0.2) is 62.0 Å². The molecule has 2 atom stereocenters. The molecule has 0 saturated carbocycles. The first-order valence-electron chi connectivity index (χ1n) is 14.6. The third-order valence-electron chi connectivity index (χ3n) is 7.33. The molecule has 45 heavy (non-hydrogen) atoms. The molecule has 1 aliphatic carbocycles. The number of aromatic nitrogens is 3. The number of nitrogens with one attached hydrogen (secondary N) is 2. The van der Waals surface area contributed by atoms with Gasteiger partial charge in [0.1, 0.15) is 11.6 Å². The van der Waals surface area contributed by atoms with Crippen molar-refractivity contribution in [3.8, 4) is 0 Å². The zero-order valence-electron chi connectivity index (χ0n) is 25.9. The lowest BCUT2D eigenvalue weighted by Crippen LogP contribution is -2.48. The summed E-state index contributed by atoms with van der Waals surface area (Å²) < 4.78 is 28.7. The minimum absolute atomic E-state index is 0.0429. The summed E-state index contributed by atoms with van der Waals surface area (Å²) in [6.07, 6.45) is 10.8. The van der Waals surface area contributed by atoms with Gasteiger partial charge in [-0.05, 0) is 62.1 Å². The summed E-state index contributed by atoms with van der Waals surface area (Å²) in [5.74, 6) is -1.69. The van der Waals surface area contributed by atoms with Crippen molar-refractivity contribution in [1.29, 1.82) is 0 Å². The number of H-pyrrole nitrogens is 1. The van der Waals surface area contributed by atoms with Crippen molar-refractivity contribution in [3.63, 3.8) is 0 Å². The van der Waals surface area contributed by atoms with Gasteiger partial charge < -0.3 is 9.88 Å². The van der Waals surface area contributed by atoms with E-state index in [9.17, 15) is 18.4 Å². The summed E-state index contributed by atoms with van der Waals surface area (Å²) in [4.78, 5) is 49.6. The Morgan fingerprint density at radius 2 is 1.93 bits per heavy atom. The number of rotatable bonds is 9. The Balaban J connectivity index is 1.71. The second-order valence-electron chi connectivity index (χ2n) is 10.6. The van der Waals surface area contributed by atoms with E-state index in [0.717, 1.165) is 39.8 Å². The van der Waals surface area contributed by atoms with Crippen LogP contribution in [0.2, 0.25) is 0 Å². The fourth-order valence-electron chi connectivity index (χ4n) is 4.52. The number of nitrogens with zero attached hydrogens (tertiary/aromatic N) is 6. The van der Waals surface area contributed by atoms with Crippen LogP contribution < -0.4 is 10.6 Å². The maximum Gasteiger partial charge on any atom is 0.324 e. The van der Waals surface area contributed by atoms with Crippen molar-refractivity contribution in [2.75, 3.05) is 7.05 Å². The molecule has 0 bridgehead atoms. The zero-order valence-corrected chi connectivity index (χ0v) is 27.1. The van der Waals surface area contributed by atoms with Crippen molar-refractivity contribution >= 4 is 49.7 Å². The van der Waals surface area contributed by atoms with Crippen molar-refractivity contribution in [2.24, 2.45) is 9.98 Å². The predicted molar refractivity (Wildman–Crippen MR) is 176 cm³/mol. The van der Waals surface area contributed by atoms with Crippen LogP contribution in [0.5, 0.6) is 0 Å². The van der Waals surface area contributed by atoms with Gasteiger partial charge in [0.25, 0.3) is 0 Å². The van der Waals surface area contributed by atoms with Gasteiger partial charge in [-0.1, -0.05) is 19.9 Å². The highest BCUT2D eigenvalue weighted by atomic mass is 31.0. The summed E-state index contributed by atoms with van der Waals surface area (Å²) in [6.45, 7) is 7.79. The Morgan fingerprint density at radius 1 is 1.16 bits per heavy atom. The molecule has 0 spiro atoms. The summed E-state index contributed by atoms with van der Waals surface area (Å²) >= 11 is 0. The van der Waals surface area contributed by atoms with Crippen molar-refractivity contribution in [2.45, 2.75) is 59.7 Å². The molecule has 3 amide bonds. The highest BCUT2D eigenvalue weighted by Crippen LogP contribution is 2.26. The average molecular weight is 635 g/mol. The number of urea groups is 1. The van der Waals surface area contributed by atoms with E-state index >= 15 is 0 Å². The molecule has 2 N–H and O–H groups in total. The number of allylic oxidation sites excluding steroid dienone is 5. The van der Waals surface area contributed by atoms with E-state index in [0.29, 0.717) is 29.7 Å². The first-order valence-corrected chi connectivity index (χ1v) is 15.2. The standard InChI is InChI=1S/C32H37F2N8O2P/c1-6-19(4)38-26-9-21(8-3)27(10-20(26)7-2)39-31(42(18-43)15-22-11-30(45)25(34)13-24(22)33)40-32(44)41(5)16-23-12-28-29(14-35-23)37-17-36-28/h7,9-14,17-19H,6,8,15-16,45H2,1-5H3,(H,36,37)(H,39,40,44)/b20-7-,38-26?. The SMILES string of the molecule is C/C=C1/C=C(N=C(NC(=O)N(C)Cc2cc3nc[nH]c3cn2)N(C=O)Cc2cc(P)c(F)cc2F)C(CC)=CC1=NC(C)CC. The van der Waals surface area contributed by atoms with Gasteiger partial charge in [-0.2, -0.15) is 0 Å². The number of hydrogen-bond donors (Lipinski definition) is 2. The predicted octanol–water partition coefficient (Wildman–Crippen LogP) is 5.31. The third-order valence-corrected chi connectivity index (χ3v) is 7.77. The van der Waals surface area contributed by atoms with Gasteiger partial charge >= 0.3 is 6.03 Å². The van der Waals surface area contributed by atoms with Gasteiger partial charge in [-0.25, -0.2) is 23.6 Å². The number of hydrogen-bond acceptors (Lipinski definition) is 6. The summed E-state index contributed by atoms with van der Waals surface area (Å²) in [6, 6.07) is 3.35. The number of carbonyl (C=O) groups excluding carboxylic acids is 2. The Bertz CT molecular complexity index is 1740. The summed E-state index contributed by atoms with van der Waals surface area (Å²) in [5, 5.41) is 2.86. The Kier molecular flexibility index (Phi) is 11.1. The van der Waals surface area contributed by atoms with Gasteiger partial charge in [0.2, 0.25) is 12.4 Å². The van der Waals surface area contributed by atoms with Crippen molar-refractivity contribution in [1.82, 2.24) is 30.1 Å². The highest BCUT2D eigenvalue weighted by molar-refractivity contribution is 7.27.